The minimum Gasteiger partial charge on any atom is -0.279 e. The monoisotopic (exact) mass is 409 g/mol. The summed E-state index contributed by atoms with van der Waals surface area (Å²) in [6, 6.07) is 13.7. The van der Waals surface area contributed by atoms with E-state index in [1.165, 1.54) is 44.1 Å². The van der Waals surface area contributed by atoms with Crippen LogP contribution in [0.2, 0.25) is 0 Å². The summed E-state index contributed by atoms with van der Waals surface area (Å²) in [5, 5.41) is 0. The van der Waals surface area contributed by atoms with E-state index in [4.69, 9.17) is 0 Å². The summed E-state index contributed by atoms with van der Waals surface area (Å²) in [5.74, 6) is 2.62. The first-order chi connectivity index (χ1) is 13.9. The fraction of sp³-hybridized carbons (Fsp3) is 0.520. The summed E-state index contributed by atoms with van der Waals surface area (Å²) in [5.41, 5.74) is 4.51. The maximum Gasteiger partial charge on any atom is 0.261 e. The van der Waals surface area contributed by atoms with Crippen LogP contribution in [0.5, 0.6) is 0 Å². The normalized spacial score (nSPS) is 30.5. The zero-order valence-corrected chi connectivity index (χ0v) is 18.3. The largest absolute Gasteiger partial charge is 0.279 e. The average Bonchev–Trinajstić information content (AvgIpc) is 2.67. The molecular formula is C25H31NO2S. The Bertz CT molecular complexity index is 988. The fourth-order valence-corrected chi connectivity index (χ4v) is 7.79. The fourth-order valence-electron chi connectivity index (χ4n) is 6.69. The van der Waals surface area contributed by atoms with Crippen molar-refractivity contribution in [3.63, 3.8) is 0 Å². The van der Waals surface area contributed by atoms with Gasteiger partial charge in [0.2, 0.25) is 0 Å². The third-order valence-corrected chi connectivity index (χ3v) is 9.10. The lowest BCUT2D eigenvalue weighted by Crippen LogP contribution is -2.48. The van der Waals surface area contributed by atoms with Crippen LogP contribution in [0.4, 0.5) is 5.69 Å². The van der Waals surface area contributed by atoms with Crippen LogP contribution in [0.25, 0.3) is 0 Å². The van der Waals surface area contributed by atoms with Crippen molar-refractivity contribution < 1.29 is 8.42 Å². The summed E-state index contributed by atoms with van der Waals surface area (Å²) in [4.78, 5) is 0.324. The van der Waals surface area contributed by atoms with Crippen molar-refractivity contribution in [3.05, 3.63) is 59.2 Å². The molecule has 2 aromatic carbocycles. The molecule has 4 aliphatic carbocycles. The second-order valence-electron chi connectivity index (χ2n) is 9.84. The van der Waals surface area contributed by atoms with Gasteiger partial charge in [-0.05, 0) is 104 Å². The summed E-state index contributed by atoms with van der Waals surface area (Å²) >= 11 is 0. The number of anilines is 1. The number of hydrogen-bond donors (Lipinski definition) is 1. The Balaban J connectivity index is 1.50. The van der Waals surface area contributed by atoms with Gasteiger partial charge in [-0.2, -0.15) is 0 Å². The van der Waals surface area contributed by atoms with Crippen LogP contribution < -0.4 is 4.72 Å². The van der Waals surface area contributed by atoms with Crippen LogP contribution in [0, 0.1) is 24.7 Å². The average molecular weight is 410 g/mol. The summed E-state index contributed by atoms with van der Waals surface area (Å²) in [6.07, 6.45) is 8.92. The van der Waals surface area contributed by atoms with E-state index in [0.717, 1.165) is 41.0 Å². The van der Waals surface area contributed by atoms with E-state index in [1.807, 2.05) is 19.1 Å². The zero-order valence-electron chi connectivity index (χ0n) is 17.4. The number of aryl methyl sites for hydroxylation is 2. The van der Waals surface area contributed by atoms with Gasteiger partial charge in [0, 0.05) is 0 Å². The van der Waals surface area contributed by atoms with E-state index in [2.05, 4.69) is 29.8 Å². The first-order valence-electron chi connectivity index (χ1n) is 11.1. The van der Waals surface area contributed by atoms with Crippen molar-refractivity contribution in [2.24, 2.45) is 17.8 Å². The minimum absolute atomic E-state index is 0.269. The molecule has 0 aromatic heterocycles. The first kappa shape index (κ1) is 19.2. The molecule has 3 nitrogen and oxygen atoms in total. The van der Waals surface area contributed by atoms with Crippen molar-refractivity contribution in [2.45, 2.75) is 69.1 Å². The van der Waals surface area contributed by atoms with Gasteiger partial charge in [0.25, 0.3) is 10.0 Å². The van der Waals surface area contributed by atoms with E-state index in [1.54, 1.807) is 12.1 Å². The van der Waals surface area contributed by atoms with Crippen molar-refractivity contribution >= 4 is 15.7 Å². The van der Waals surface area contributed by atoms with Crippen molar-refractivity contribution in [2.75, 3.05) is 4.72 Å². The lowest BCUT2D eigenvalue weighted by molar-refractivity contribution is -0.00516. The lowest BCUT2D eigenvalue weighted by atomic mass is 9.48. The first-order valence-corrected chi connectivity index (χ1v) is 12.6. The molecule has 4 aliphatic rings. The van der Waals surface area contributed by atoms with E-state index >= 15 is 0 Å². The quantitative estimate of drug-likeness (QED) is 0.676. The van der Waals surface area contributed by atoms with Gasteiger partial charge in [0.15, 0.2) is 0 Å². The molecule has 154 valence electrons. The summed E-state index contributed by atoms with van der Waals surface area (Å²) in [7, 11) is -3.59. The molecule has 6 rings (SSSR count). The van der Waals surface area contributed by atoms with Gasteiger partial charge in [-0.3, -0.25) is 4.72 Å². The van der Waals surface area contributed by atoms with Gasteiger partial charge < -0.3 is 0 Å². The number of sulfonamides is 1. The third kappa shape index (κ3) is 3.39. The van der Waals surface area contributed by atoms with E-state index in [0.29, 0.717) is 4.90 Å². The molecule has 29 heavy (non-hydrogen) atoms. The van der Waals surface area contributed by atoms with E-state index in [9.17, 15) is 8.42 Å². The highest BCUT2D eigenvalue weighted by Crippen LogP contribution is 2.60. The lowest BCUT2D eigenvalue weighted by Gasteiger charge is -2.57. The molecule has 0 unspecified atom stereocenters. The molecule has 0 amide bonds. The highest BCUT2D eigenvalue weighted by atomic mass is 32.2. The maximum atomic E-state index is 13.0. The second kappa shape index (κ2) is 6.87. The Morgan fingerprint density at radius 3 is 2.07 bits per heavy atom. The van der Waals surface area contributed by atoms with Crippen LogP contribution in [0.3, 0.4) is 0 Å². The third-order valence-electron chi connectivity index (χ3n) is 7.72. The Kier molecular flexibility index (Phi) is 4.54. The standard InChI is InChI=1S/C25H31NO2S/c1-3-21-6-7-22(25-14-18-10-19(15-25)12-20(11-18)16-25)13-24(21)26-29(27,28)23-8-4-17(2)5-9-23/h4-9,13,18-20,26H,3,10-12,14-16H2,1-2H3. The molecule has 0 radical (unpaired) electrons. The van der Waals surface area contributed by atoms with Crippen LogP contribution >= 0.6 is 0 Å². The molecule has 4 heteroatoms. The molecule has 2 aromatic rings. The molecule has 4 fully saturated rings. The van der Waals surface area contributed by atoms with E-state index < -0.39 is 10.0 Å². The van der Waals surface area contributed by atoms with Gasteiger partial charge in [0.1, 0.15) is 0 Å². The number of hydrogen-bond acceptors (Lipinski definition) is 2. The molecular weight excluding hydrogens is 378 g/mol. The van der Waals surface area contributed by atoms with Crippen molar-refractivity contribution in [1.82, 2.24) is 0 Å². The number of nitrogens with one attached hydrogen (secondary N) is 1. The topological polar surface area (TPSA) is 46.2 Å². The Morgan fingerprint density at radius 1 is 0.931 bits per heavy atom. The predicted octanol–water partition coefficient (Wildman–Crippen LogP) is 5.83. The van der Waals surface area contributed by atoms with Crippen molar-refractivity contribution in [3.8, 4) is 0 Å². The highest BCUT2D eigenvalue weighted by molar-refractivity contribution is 7.92. The predicted molar refractivity (Wildman–Crippen MR) is 118 cm³/mol. The van der Waals surface area contributed by atoms with Crippen LogP contribution in [-0.2, 0) is 21.9 Å². The highest BCUT2D eigenvalue weighted by Gasteiger charge is 2.51. The Hall–Kier alpha value is -1.81. The van der Waals surface area contributed by atoms with Gasteiger partial charge in [-0.1, -0.05) is 36.8 Å². The molecule has 0 aliphatic heterocycles. The molecule has 0 heterocycles. The van der Waals surface area contributed by atoms with Gasteiger partial charge >= 0.3 is 0 Å². The zero-order chi connectivity index (χ0) is 20.2. The minimum atomic E-state index is -3.59. The number of benzene rings is 2. The maximum absolute atomic E-state index is 13.0. The Labute approximate surface area is 175 Å². The molecule has 0 atom stereocenters. The smallest absolute Gasteiger partial charge is 0.261 e. The van der Waals surface area contributed by atoms with Gasteiger partial charge in [-0.15, -0.1) is 0 Å². The molecule has 0 spiro atoms. The number of rotatable bonds is 5. The summed E-state index contributed by atoms with van der Waals surface area (Å²) in [6.45, 7) is 4.05. The molecule has 4 bridgehead atoms. The summed E-state index contributed by atoms with van der Waals surface area (Å²) < 4.78 is 29.0. The van der Waals surface area contributed by atoms with Gasteiger partial charge in [-0.25, -0.2) is 8.42 Å². The second-order valence-corrected chi connectivity index (χ2v) is 11.5. The van der Waals surface area contributed by atoms with Crippen LogP contribution in [-0.4, -0.2) is 8.42 Å². The molecule has 4 saturated carbocycles. The van der Waals surface area contributed by atoms with Crippen LogP contribution in [0.1, 0.15) is 62.1 Å². The van der Waals surface area contributed by atoms with Gasteiger partial charge in [0.05, 0.1) is 10.6 Å². The van der Waals surface area contributed by atoms with Crippen LogP contribution in [0.15, 0.2) is 47.4 Å². The SMILES string of the molecule is CCc1ccc(C23CC4CC(CC(C4)C2)C3)cc1NS(=O)(=O)c1ccc(C)cc1. The van der Waals surface area contributed by atoms with E-state index in [-0.39, 0.29) is 5.41 Å². The molecule has 0 saturated heterocycles. The molecule has 1 N–H and O–H groups in total. The Morgan fingerprint density at radius 2 is 1.52 bits per heavy atom. The van der Waals surface area contributed by atoms with Crippen molar-refractivity contribution in [1.29, 1.82) is 0 Å².